The lowest BCUT2D eigenvalue weighted by Gasteiger charge is -2.31. The van der Waals surface area contributed by atoms with Crippen LogP contribution in [-0.2, 0) is 4.79 Å². The van der Waals surface area contributed by atoms with Crippen LogP contribution in [0.4, 0.5) is 10.1 Å². The summed E-state index contributed by atoms with van der Waals surface area (Å²) in [4.78, 5) is 15.4. The summed E-state index contributed by atoms with van der Waals surface area (Å²) in [6.45, 7) is 4.14. The summed E-state index contributed by atoms with van der Waals surface area (Å²) in [5, 5.41) is 12.5. The van der Waals surface area contributed by atoms with Crippen molar-refractivity contribution < 1.29 is 13.9 Å². The van der Waals surface area contributed by atoms with Gasteiger partial charge in [-0.25, -0.2) is 4.39 Å². The third kappa shape index (κ3) is 6.23. The second kappa shape index (κ2) is 12.2. The molecule has 3 aromatic carbocycles. The van der Waals surface area contributed by atoms with E-state index >= 15 is 0 Å². The number of carbonyl (C=O) groups is 1. The first-order valence-corrected chi connectivity index (χ1v) is 13.8. The molecule has 38 heavy (non-hydrogen) atoms. The van der Waals surface area contributed by atoms with Gasteiger partial charge in [0.05, 0.1) is 17.5 Å². The molecule has 5 rings (SSSR count). The summed E-state index contributed by atoms with van der Waals surface area (Å²) in [7, 11) is 0. The van der Waals surface area contributed by atoms with Gasteiger partial charge < -0.3 is 10.1 Å². The molecular formula is C29H30FN5O2S. The van der Waals surface area contributed by atoms with E-state index in [4.69, 9.17) is 4.74 Å². The predicted octanol–water partition coefficient (Wildman–Crippen LogP) is 6.48. The van der Waals surface area contributed by atoms with E-state index in [2.05, 4.69) is 27.3 Å². The van der Waals surface area contributed by atoms with Crippen LogP contribution in [0.1, 0.15) is 38.1 Å². The number of thioether (sulfide) groups is 1. The van der Waals surface area contributed by atoms with E-state index in [-0.39, 0.29) is 23.5 Å². The molecule has 4 aromatic rings. The fourth-order valence-electron chi connectivity index (χ4n) is 4.54. The zero-order valence-electron chi connectivity index (χ0n) is 21.2. The van der Waals surface area contributed by atoms with E-state index in [1.165, 1.54) is 30.3 Å². The topological polar surface area (TPSA) is 72.3 Å². The van der Waals surface area contributed by atoms with Crippen molar-refractivity contribution in [2.75, 3.05) is 24.2 Å². The van der Waals surface area contributed by atoms with Crippen LogP contribution in [0.3, 0.4) is 0 Å². The number of para-hydroxylation sites is 3. The molecule has 1 aliphatic rings. The van der Waals surface area contributed by atoms with Crippen LogP contribution in [0.25, 0.3) is 5.69 Å². The number of rotatable bonds is 9. The van der Waals surface area contributed by atoms with Crippen molar-refractivity contribution in [1.82, 2.24) is 19.7 Å². The number of aromatic nitrogens is 3. The Morgan fingerprint density at radius 3 is 2.45 bits per heavy atom. The van der Waals surface area contributed by atoms with Crippen molar-refractivity contribution in [3.8, 4) is 17.2 Å². The molecule has 0 radical (unpaired) electrons. The normalized spacial score (nSPS) is 14.7. The quantitative estimate of drug-likeness (QED) is 0.249. The van der Waals surface area contributed by atoms with Crippen LogP contribution in [0, 0.1) is 5.82 Å². The Bertz CT molecular complexity index is 1360. The number of nitrogens with zero attached hydrogens (tertiary/aromatic N) is 4. The van der Waals surface area contributed by atoms with Crippen LogP contribution in [0.15, 0.2) is 84.0 Å². The third-order valence-electron chi connectivity index (χ3n) is 6.52. The van der Waals surface area contributed by atoms with Gasteiger partial charge in [0.25, 0.3) is 0 Å². The average Bonchev–Trinajstić information content (AvgIpc) is 3.38. The van der Waals surface area contributed by atoms with E-state index in [1.807, 2.05) is 53.1 Å². The molecule has 2 heterocycles. The molecule has 1 saturated heterocycles. The fourth-order valence-corrected chi connectivity index (χ4v) is 5.30. The van der Waals surface area contributed by atoms with Crippen LogP contribution in [0.5, 0.6) is 11.5 Å². The van der Waals surface area contributed by atoms with E-state index in [0.717, 1.165) is 37.4 Å². The Morgan fingerprint density at radius 1 is 0.974 bits per heavy atom. The number of carbonyl (C=O) groups excluding carboxylic acids is 1. The molecule has 1 N–H and O–H groups in total. The van der Waals surface area contributed by atoms with E-state index < -0.39 is 0 Å². The molecule has 0 saturated carbocycles. The Morgan fingerprint density at radius 2 is 1.68 bits per heavy atom. The molecule has 1 amide bonds. The number of piperidine rings is 1. The van der Waals surface area contributed by atoms with E-state index in [1.54, 1.807) is 18.2 Å². The number of anilines is 1. The Labute approximate surface area is 226 Å². The zero-order valence-corrected chi connectivity index (χ0v) is 22.0. The molecule has 1 unspecified atom stereocenters. The molecule has 1 fully saturated rings. The molecule has 1 aliphatic heterocycles. The smallest absolute Gasteiger partial charge is 0.234 e. The Hall–Kier alpha value is -3.69. The van der Waals surface area contributed by atoms with E-state index in [0.29, 0.717) is 22.3 Å². The lowest BCUT2D eigenvalue weighted by atomic mass is 10.1. The van der Waals surface area contributed by atoms with Gasteiger partial charge in [-0.1, -0.05) is 48.5 Å². The maximum absolute atomic E-state index is 13.7. The molecule has 0 bridgehead atoms. The number of ether oxygens (including phenoxy) is 1. The van der Waals surface area contributed by atoms with E-state index in [9.17, 15) is 9.18 Å². The van der Waals surface area contributed by atoms with Gasteiger partial charge in [0, 0.05) is 5.69 Å². The summed E-state index contributed by atoms with van der Waals surface area (Å²) < 4.78 is 21.6. The number of hydrogen-bond donors (Lipinski definition) is 1. The Balaban J connectivity index is 1.32. The largest absolute Gasteiger partial charge is 0.455 e. The number of halogens is 1. The summed E-state index contributed by atoms with van der Waals surface area (Å²) in [5.74, 6) is 1.64. The highest BCUT2D eigenvalue weighted by molar-refractivity contribution is 7.99. The predicted molar refractivity (Wildman–Crippen MR) is 147 cm³/mol. The summed E-state index contributed by atoms with van der Waals surface area (Å²) in [5.41, 5.74) is 1.35. The molecule has 9 heteroatoms. The van der Waals surface area contributed by atoms with Gasteiger partial charge in [-0.05, 0) is 81.4 Å². The first kappa shape index (κ1) is 25.9. The monoisotopic (exact) mass is 531 g/mol. The number of hydrogen-bond acceptors (Lipinski definition) is 6. The second-order valence-corrected chi connectivity index (χ2v) is 10.1. The van der Waals surface area contributed by atoms with Crippen molar-refractivity contribution in [1.29, 1.82) is 0 Å². The maximum Gasteiger partial charge on any atom is 0.234 e. The molecule has 1 atom stereocenters. The molecule has 0 aliphatic carbocycles. The number of nitrogens with one attached hydrogen (secondary N) is 1. The minimum Gasteiger partial charge on any atom is -0.455 e. The zero-order chi connectivity index (χ0) is 26.3. The maximum atomic E-state index is 13.7. The van der Waals surface area contributed by atoms with Gasteiger partial charge in [0.15, 0.2) is 16.7 Å². The number of likely N-dealkylation sites (tertiary alicyclic amines) is 1. The third-order valence-corrected chi connectivity index (χ3v) is 7.45. The number of amides is 1. The highest BCUT2D eigenvalue weighted by atomic mass is 32.2. The van der Waals surface area contributed by atoms with Crippen molar-refractivity contribution >= 4 is 23.4 Å². The van der Waals surface area contributed by atoms with Crippen molar-refractivity contribution in [3.05, 3.63) is 90.5 Å². The minimum absolute atomic E-state index is 0.0399. The fraction of sp³-hybridized carbons (Fsp3) is 0.276. The molecule has 196 valence electrons. The number of benzene rings is 3. The molecule has 7 nitrogen and oxygen atoms in total. The standard InChI is InChI=1S/C29H30FN5O2S/c1-21(34-18-8-3-9-19-34)28-32-33-29(35(28)23-16-14-22(30)15-17-23)38-20-27(36)31-25-12-6-7-13-26(25)37-24-10-4-2-5-11-24/h2,4-7,10-17,21H,3,8-9,18-20H2,1H3,(H,31,36). The van der Waals surface area contributed by atoms with Gasteiger partial charge in [0.1, 0.15) is 11.6 Å². The van der Waals surface area contributed by atoms with Gasteiger partial charge in [-0.15, -0.1) is 10.2 Å². The highest BCUT2D eigenvalue weighted by Gasteiger charge is 2.26. The lowest BCUT2D eigenvalue weighted by molar-refractivity contribution is -0.113. The van der Waals surface area contributed by atoms with Crippen LogP contribution in [0.2, 0.25) is 0 Å². The molecule has 1 aromatic heterocycles. The van der Waals surface area contributed by atoms with Gasteiger partial charge >= 0.3 is 0 Å². The van der Waals surface area contributed by atoms with Crippen LogP contribution < -0.4 is 10.1 Å². The summed E-state index contributed by atoms with van der Waals surface area (Å²) in [6.07, 6.45) is 3.56. The second-order valence-electron chi connectivity index (χ2n) is 9.17. The Kier molecular flexibility index (Phi) is 8.35. The average molecular weight is 532 g/mol. The first-order valence-electron chi connectivity index (χ1n) is 12.8. The van der Waals surface area contributed by atoms with Crippen molar-refractivity contribution in [2.24, 2.45) is 0 Å². The lowest BCUT2D eigenvalue weighted by Crippen LogP contribution is -2.33. The first-order chi connectivity index (χ1) is 18.6. The van der Waals surface area contributed by atoms with Crippen LogP contribution in [-0.4, -0.2) is 44.4 Å². The summed E-state index contributed by atoms with van der Waals surface area (Å²) in [6, 6.07) is 23.1. The van der Waals surface area contributed by atoms with Crippen LogP contribution >= 0.6 is 11.8 Å². The molecule has 0 spiro atoms. The molecular weight excluding hydrogens is 501 g/mol. The van der Waals surface area contributed by atoms with Crippen molar-refractivity contribution in [2.45, 2.75) is 37.4 Å². The van der Waals surface area contributed by atoms with Crippen molar-refractivity contribution in [3.63, 3.8) is 0 Å². The van der Waals surface area contributed by atoms with Gasteiger partial charge in [0.2, 0.25) is 5.91 Å². The highest BCUT2D eigenvalue weighted by Crippen LogP contribution is 2.31. The van der Waals surface area contributed by atoms with Gasteiger partial charge in [-0.2, -0.15) is 0 Å². The summed E-state index contributed by atoms with van der Waals surface area (Å²) >= 11 is 1.29. The van der Waals surface area contributed by atoms with Gasteiger partial charge in [-0.3, -0.25) is 14.3 Å². The SMILES string of the molecule is CC(c1nnc(SCC(=O)Nc2ccccc2Oc2ccccc2)n1-c1ccc(F)cc1)N1CCCCC1. The minimum atomic E-state index is -0.308.